The Kier molecular flexibility index (Phi) is 5.26. The molecule has 0 radical (unpaired) electrons. The number of ether oxygens (including phenoxy) is 1. The number of nitrogens with two attached hydrogens (primary N) is 1. The Morgan fingerprint density at radius 3 is 2.53 bits per heavy atom. The minimum Gasteiger partial charge on any atom is -0.497 e. The Bertz CT molecular complexity index is 373. The van der Waals surface area contributed by atoms with Crippen LogP contribution in [0.25, 0.3) is 0 Å². The van der Waals surface area contributed by atoms with Gasteiger partial charge in [-0.2, -0.15) is 0 Å². The van der Waals surface area contributed by atoms with Gasteiger partial charge in [-0.3, -0.25) is 0 Å². The Hall–Kier alpha value is -1.02. The molecule has 2 heteroatoms. The summed E-state index contributed by atoms with van der Waals surface area (Å²) in [5.74, 6) is 3.12. The topological polar surface area (TPSA) is 35.2 Å². The second kappa shape index (κ2) is 6.95. The van der Waals surface area contributed by atoms with Crippen molar-refractivity contribution < 1.29 is 4.74 Å². The lowest BCUT2D eigenvalue weighted by Crippen LogP contribution is -2.29. The molecule has 3 atom stereocenters. The smallest absolute Gasteiger partial charge is 0.118 e. The summed E-state index contributed by atoms with van der Waals surface area (Å²) in [6.07, 6.45) is 6.62. The Labute approximate surface area is 117 Å². The molecule has 1 saturated carbocycles. The van der Waals surface area contributed by atoms with Crippen LogP contribution in [0.4, 0.5) is 0 Å². The third kappa shape index (κ3) is 3.50. The first kappa shape index (κ1) is 14.4. The van der Waals surface area contributed by atoms with Gasteiger partial charge in [-0.05, 0) is 54.8 Å². The predicted molar refractivity (Wildman–Crippen MR) is 80.5 cm³/mol. The van der Waals surface area contributed by atoms with Crippen LogP contribution in [-0.2, 0) is 0 Å². The number of methoxy groups -OCH3 is 1. The van der Waals surface area contributed by atoms with E-state index >= 15 is 0 Å². The first-order chi connectivity index (χ1) is 9.28. The highest BCUT2D eigenvalue weighted by atomic mass is 16.5. The molecule has 2 N–H and O–H groups in total. The Morgan fingerprint density at radius 1 is 1.21 bits per heavy atom. The molecule has 2 rings (SSSR count). The van der Waals surface area contributed by atoms with Crippen LogP contribution >= 0.6 is 0 Å². The molecule has 1 fully saturated rings. The molecular weight excluding hydrogens is 234 g/mol. The fourth-order valence-corrected chi connectivity index (χ4v) is 3.53. The van der Waals surface area contributed by atoms with Gasteiger partial charge in [0.15, 0.2) is 0 Å². The highest BCUT2D eigenvalue weighted by Gasteiger charge is 2.30. The van der Waals surface area contributed by atoms with Crippen molar-refractivity contribution in [1.29, 1.82) is 0 Å². The van der Waals surface area contributed by atoms with E-state index in [1.165, 1.54) is 37.7 Å². The van der Waals surface area contributed by atoms with Crippen LogP contribution < -0.4 is 10.5 Å². The fraction of sp³-hybridized carbons (Fsp3) is 0.647. The third-order valence-corrected chi connectivity index (χ3v) is 4.65. The van der Waals surface area contributed by atoms with Gasteiger partial charge < -0.3 is 10.5 Å². The van der Waals surface area contributed by atoms with Crippen LogP contribution in [0.3, 0.4) is 0 Å². The lowest BCUT2D eigenvalue weighted by Gasteiger charge is -2.36. The maximum absolute atomic E-state index is 5.98. The maximum Gasteiger partial charge on any atom is 0.118 e. The summed E-state index contributed by atoms with van der Waals surface area (Å²) in [6, 6.07) is 8.60. The van der Waals surface area contributed by atoms with Crippen LogP contribution in [0, 0.1) is 11.8 Å². The largest absolute Gasteiger partial charge is 0.497 e. The van der Waals surface area contributed by atoms with Gasteiger partial charge in [0.2, 0.25) is 0 Å². The third-order valence-electron chi connectivity index (χ3n) is 4.65. The predicted octanol–water partition coefficient (Wildman–Crippen LogP) is 3.95. The molecule has 19 heavy (non-hydrogen) atoms. The van der Waals surface area contributed by atoms with E-state index in [2.05, 4.69) is 31.2 Å². The average Bonchev–Trinajstić information content (AvgIpc) is 2.47. The van der Waals surface area contributed by atoms with E-state index in [1.807, 2.05) is 0 Å². The van der Waals surface area contributed by atoms with E-state index in [9.17, 15) is 0 Å². The van der Waals surface area contributed by atoms with E-state index in [4.69, 9.17) is 10.5 Å². The van der Waals surface area contributed by atoms with Crippen LogP contribution in [0.5, 0.6) is 5.75 Å². The summed E-state index contributed by atoms with van der Waals surface area (Å²) in [6.45, 7) is 3.10. The average molecular weight is 261 g/mol. The zero-order valence-corrected chi connectivity index (χ0v) is 12.3. The van der Waals surface area contributed by atoms with Crippen molar-refractivity contribution in [2.45, 2.75) is 44.9 Å². The summed E-state index contributed by atoms with van der Waals surface area (Å²) in [5, 5.41) is 0. The van der Waals surface area contributed by atoms with Gasteiger partial charge in [0.1, 0.15) is 5.75 Å². The first-order valence-electron chi connectivity index (χ1n) is 7.62. The van der Waals surface area contributed by atoms with E-state index < -0.39 is 0 Å². The first-order valence-corrected chi connectivity index (χ1v) is 7.62. The molecule has 0 saturated heterocycles. The minimum atomic E-state index is 0.640. The van der Waals surface area contributed by atoms with Crippen molar-refractivity contribution in [1.82, 2.24) is 0 Å². The lowest BCUT2D eigenvalue weighted by atomic mass is 9.70. The monoisotopic (exact) mass is 261 g/mol. The van der Waals surface area contributed by atoms with Crippen molar-refractivity contribution in [3.63, 3.8) is 0 Å². The minimum absolute atomic E-state index is 0.640. The second-order valence-electron chi connectivity index (χ2n) is 5.84. The van der Waals surface area contributed by atoms with E-state index in [1.54, 1.807) is 7.11 Å². The summed E-state index contributed by atoms with van der Waals surface area (Å²) < 4.78 is 5.24. The summed E-state index contributed by atoms with van der Waals surface area (Å²) in [5.41, 5.74) is 7.42. The molecule has 106 valence electrons. The standard InChI is InChI=1S/C17H27NO/c1-3-4-13-5-6-15(12-18)17(11-13)14-7-9-16(19-2)10-8-14/h7-10,13,15,17H,3-6,11-12,18H2,1-2H3. The zero-order chi connectivity index (χ0) is 13.7. The summed E-state index contributed by atoms with van der Waals surface area (Å²) in [4.78, 5) is 0. The molecule has 0 amide bonds. The Morgan fingerprint density at radius 2 is 1.95 bits per heavy atom. The molecule has 0 spiro atoms. The highest BCUT2D eigenvalue weighted by Crippen LogP contribution is 2.41. The van der Waals surface area contributed by atoms with Gasteiger partial charge in [-0.1, -0.05) is 38.3 Å². The van der Waals surface area contributed by atoms with Crippen LogP contribution in [0.15, 0.2) is 24.3 Å². The van der Waals surface area contributed by atoms with Gasteiger partial charge in [0.05, 0.1) is 7.11 Å². The number of rotatable bonds is 5. The molecule has 2 nitrogen and oxygen atoms in total. The van der Waals surface area contributed by atoms with Crippen molar-refractivity contribution in [3.05, 3.63) is 29.8 Å². The lowest BCUT2D eigenvalue weighted by molar-refractivity contribution is 0.230. The molecule has 0 aromatic heterocycles. The molecular formula is C17H27NO. The van der Waals surface area contributed by atoms with Crippen LogP contribution in [-0.4, -0.2) is 13.7 Å². The van der Waals surface area contributed by atoms with Crippen molar-refractivity contribution in [3.8, 4) is 5.75 Å². The molecule has 0 aliphatic heterocycles. The molecule has 0 heterocycles. The van der Waals surface area contributed by atoms with Crippen molar-refractivity contribution in [2.75, 3.05) is 13.7 Å². The number of hydrogen-bond acceptors (Lipinski definition) is 2. The second-order valence-corrected chi connectivity index (χ2v) is 5.84. The van der Waals surface area contributed by atoms with Gasteiger partial charge >= 0.3 is 0 Å². The highest BCUT2D eigenvalue weighted by molar-refractivity contribution is 5.30. The van der Waals surface area contributed by atoms with Gasteiger partial charge in [-0.15, -0.1) is 0 Å². The number of benzene rings is 1. The quantitative estimate of drug-likeness (QED) is 0.871. The van der Waals surface area contributed by atoms with Gasteiger partial charge in [0, 0.05) is 0 Å². The summed E-state index contributed by atoms with van der Waals surface area (Å²) in [7, 11) is 1.72. The molecule has 1 aliphatic rings. The molecule has 1 aromatic carbocycles. The molecule has 1 aromatic rings. The maximum atomic E-state index is 5.98. The van der Waals surface area contributed by atoms with Crippen LogP contribution in [0.1, 0.15) is 50.5 Å². The number of hydrogen-bond donors (Lipinski definition) is 1. The molecule has 1 aliphatic carbocycles. The van der Waals surface area contributed by atoms with E-state index in [0.717, 1.165) is 18.2 Å². The van der Waals surface area contributed by atoms with Gasteiger partial charge in [-0.25, -0.2) is 0 Å². The zero-order valence-electron chi connectivity index (χ0n) is 12.3. The Balaban J connectivity index is 2.12. The fourth-order valence-electron chi connectivity index (χ4n) is 3.53. The van der Waals surface area contributed by atoms with Crippen LogP contribution in [0.2, 0.25) is 0 Å². The van der Waals surface area contributed by atoms with Crippen molar-refractivity contribution >= 4 is 0 Å². The van der Waals surface area contributed by atoms with Gasteiger partial charge in [0.25, 0.3) is 0 Å². The molecule has 3 unspecified atom stereocenters. The summed E-state index contributed by atoms with van der Waals surface area (Å²) >= 11 is 0. The SMILES string of the molecule is CCCC1CCC(CN)C(c2ccc(OC)cc2)C1. The van der Waals surface area contributed by atoms with Crippen molar-refractivity contribution in [2.24, 2.45) is 17.6 Å². The van der Waals surface area contributed by atoms with E-state index in [-0.39, 0.29) is 0 Å². The molecule has 0 bridgehead atoms. The normalized spacial score (nSPS) is 27.2. The van der Waals surface area contributed by atoms with E-state index in [0.29, 0.717) is 11.8 Å².